The number of carbonyl (C=O) groups excluding carboxylic acids is 1. The molecule has 1 rings (SSSR count). The fourth-order valence-corrected chi connectivity index (χ4v) is 2.98. The lowest BCUT2D eigenvalue weighted by Crippen LogP contribution is -2.38. The maximum atomic E-state index is 12.4. The van der Waals surface area contributed by atoms with Crippen LogP contribution in [0.4, 0.5) is 0 Å². The molecule has 1 unspecified atom stereocenters. The monoisotopic (exact) mass is 365 g/mol. The first-order valence-electron chi connectivity index (χ1n) is 6.15. The summed E-state index contributed by atoms with van der Waals surface area (Å²) in [6.45, 7) is 7.29. The molecule has 0 fully saturated rings. The number of halogens is 1. The summed E-state index contributed by atoms with van der Waals surface area (Å²) in [7, 11) is 0. The van der Waals surface area contributed by atoms with E-state index < -0.39 is 0 Å². The molecule has 0 aromatic carbocycles. The van der Waals surface area contributed by atoms with Crippen LogP contribution < -0.4 is 0 Å². The van der Waals surface area contributed by atoms with Gasteiger partial charge in [0.05, 0.1) is 8.45 Å². The number of nitrogens with zero attached hydrogens (tertiary/aromatic N) is 1. The molecule has 0 saturated heterocycles. The number of hydrogen-bond acceptors (Lipinski definition) is 2. The Bertz CT molecular complexity index is 364. The number of rotatable bonds is 6. The molecule has 1 aromatic heterocycles. The maximum Gasteiger partial charge on any atom is 0.254 e. The zero-order valence-corrected chi connectivity index (χ0v) is 13.7. The molecule has 0 aliphatic carbocycles. The summed E-state index contributed by atoms with van der Waals surface area (Å²) in [5.74, 6) is 0.187. The largest absolute Gasteiger partial charge is 0.336 e. The minimum Gasteiger partial charge on any atom is -0.336 e. The molecule has 0 aliphatic rings. The summed E-state index contributed by atoms with van der Waals surface area (Å²) in [4.78, 5) is 14.4. The van der Waals surface area contributed by atoms with Crippen LogP contribution in [0.1, 0.15) is 50.4 Å². The van der Waals surface area contributed by atoms with Gasteiger partial charge in [-0.25, -0.2) is 0 Å². The number of hydrogen-bond donors (Lipinski definition) is 0. The average Bonchev–Trinajstić information content (AvgIpc) is 2.75. The van der Waals surface area contributed by atoms with Gasteiger partial charge >= 0.3 is 0 Å². The third-order valence-electron chi connectivity index (χ3n) is 2.95. The van der Waals surface area contributed by atoms with E-state index in [-0.39, 0.29) is 5.91 Å². The highest BCUT2D eigenvalue weighted by Crippen LogP contribution is 2.20. The fourth-order valence-electron chi connectivity index (χ4n) is 1.66. The number of thiophene rings is 1. The van der Waals surface area contributed by atoms with E-state index in [1.54, 1.807) is 11.3 Å². The lowest BCUT2D eigenvalue weighted by Gasteiger charge is -2.28. The number of unbranched alkanes of at least 4 members (excludes halogenated alkanes) is 1. The summed E-state index contributed by atoms with van der Waals surface area (Å²) in [6.07, 6.45) is 3.22. The Morgan fingerprint density at radius 1 is 1.53 bits per heavy atom. The van der Waals surface area contributed by atoms with Crippen molar-refractivity contribution in [3.05, 3.63) is 19.9 Å². The van der Waals surface area contributed by atoms with Crippen LogP contribution in [0.15, 0.2) is 11.4 Å². The molecule has 0 spiro atoms. The molecule has 1 amide bonds. The Labute approximate surface area is 122 Å². The van der Waals surface area contributed by atoms with Gasteiger partial charge in [-0.3, -0.25) is 4.79 Å². The SMILES string of the molecule is CCCCN(C(=O)c1csc(I)c1)C(C)CC. The van der Waals surface area contributed by atoms with Crippen molar-refractivity contribution < 1.29 is 4.79 Å². The Hall–Kier alpha value is -0.100. The van der Waals surface area contributed by atoms with Crippen LogP contribution >= 0.6 is 33.9 Å². The van der Waals surface area contributed by atoms with Gasteiger partial charge in [0.2, 0.25) is 0 Å². The van der Waals surface area contributed by atoms with Gasteiger partial charge in [-0.2, -0.15) is 0 Å². The summed E-state index contributed by atoms with van der Waals surface area (Å²) in [6, 6.07) is 2.31. The topological polar surface area (TPSA) is 20.3 Å². The predicted molar refractivity (Wildman–Crippen MR) is 82.7 cm³/mol. The van der Waals surface area contributed by atoms with Gasteiger partial charge < -0.3 is 4.90 Å². The second-order valence-electron chi connectivity index (χ2n) is 4.25. The van der Waals surface area contributed by atoms with Crippen molar-refractivity contribution in [1.29, 1.82) is 0 Å². The minimum atomic E-state index is 0.187. The molecular weight excluding hydrogens is 345 g/mol. The zero-order valence-electron chi connectivity index (χ0n) is 10.7. The molecule has 0 bridgehead atoms. The van der Waals surface area contributed by atoms with Crippen molar-refractivity contribution in [2.45, 2.75) is 46.1 Å². The second-order valence-corrected chi connectivity index (χ2v) is 7.05. The van der Waals surface area contributed by atoms with E-state index in [4.69, 9.17) is 0 Å². The molecule has 0 aliphatic heterocycles. The summed E-state index contributed by atoms with van der Waals surface area (Å²) < 4.78 is 1.17. The van der Waals surface area contributed by atoms with Crippen molar-refractivity contribution in [3.8, 4) is 0 Å². The molecule has 0 saturated carbocycles. The fraction of sp³-hybridized carbons (Fsp3) is 0.615. The summed E-state index contributed by atoms with van der Waals surface area (Å²) >= 11 is 3.89. The molecule has 0 N–H and O–H groups in total. The van der Waals surface area contributed by atoms with Crippen molar-refractivity contribution in [1.82, 2.24) is 4.90 Å². The Morgan fingerprint density at radius 3 is 2.71 bits per heavy atom. The van der Waals surface area contributed by atoms with Gasteiger partial charge in [-0.05, 0) is 48.4 Å². The minimum absolute atomic E-state index is 0.187. The van der Waals surface area contributed by atoms with Crippen LogP contribution in [0.5, 0.6) is 0 Å². The van der Waals surface area contributed by atoms with Crippen LogP contribution in [0.25, 0.3) is 0 Å². The zero-order chi connectivity index (χ0) is 12.8. The highest BCUT2D eigenvalue weighted by molar-refractivity contribution is 14.1. The third-order valence-corrected chi connectivity index (χ3v) is 4.74. The molecule has 1 atom stereocenters. The molecule has 4 heteroatoms. The average molecular weight is 365 g/mol. The molecule has 96 valence electrons. The lowest BCUT2D eigenvalue weighted by molar-refractivity contribution is 0.0686. The standard InChI is InChI=1S/C13H20INOS/c1-4-6-7-15(10(3)5-2)13(16)11-8-12(14)17-9-11/h8-10H,4-7H2,1-3H3. The van der Waals surface area contributed by atoms with E-state index in [1.807, 2.05) is 16.3 Å². The van der Waals surface area contributed by atoms with Crippen LogP contribution in [0.2, 0.25) is 0 Å². The van der Waals surface area contributed by atoms with E-state index in [0.717, 1.165) is 31.4 Å². The van der Waals surface area contributed by atoms with Gasteiger partial charge in [-0.15, -0.1) is 11.3 Å². The van der Waals surface area contributed by atoms with E-state index in [9.17, 15) is 4.79 Å². The van der Waals surface area contributed by atoms with E-state index in [1.165, 1.54) is 2.88 Å². The molecule has 1 aromatic rings. The first kappa shape index (κ1) is 15.0. The van der Waals surface area contributed by atoms with Gasteiger partial charge in [0.15, 0.2) is 0 Å². The molecular formula is C13H20INOS. The first-order valence-corrected chi connectivity index (χ1v) is 8.11. The van der Waals surface area contributed by atoms with Crippen LogP contribution in [-0.2, 0) is 0 Å². The van der Waals surface area contributed by atoms with Gasteiger partial charge in [0.1, 0.15) is 0 Å². The molecule has 2 nitrogen and oxygen atoms in total. The van der Waals surface area contributed by atoms with Crippen LogP contribution in [0.3, 0.4) is 0 Å². The van der Waals surface area contributed by atoms with Crippen molar-refractivity contribution in [3.63, 3.8) is 0 Å². The first-order chi connectivity index (χ1) is 8.10. The second kappa shape index (κ2) is 7.36. The highest BCUT2D eigenvalue weighted by atomic mass is 127. The van der Waals surface area contributed by atoms with Gasteiger partial charge in [0.25, 0.3) is 5.91 Å². The lowest BCUT2D eigenvalue weighted by atomic mass is 10.1. The Morgan fingerprint density at radius 2 is 2.24 bits per heavy atom. The van der Waals surface area contributed by atoms with Crippen molar-refractivity contribution >= 4 is 39.8 Å². The third kappa shape index (κ3) is 4.25. The van der Waals surface area contributed by atoms with E-state index >= 15 is 0 Å². The van der Waals surface area contributed by atoms with Crippen molar-refractivity contribution in [2.75, 3.05) is 6.54 Å². The Balaban J connectivity index is 2.78. The summed E-state index contributed by atoms with van der Waals surface area (Å²) in [5.41, 5.74) is 0.843. The quantitative estimate of drug-likeness (QED) is 0.685. The van der Waals surface area contributed by atoms with E-state index in [2.05, 4.69) is 43.4 Å². The predicted octanol–water partition coefficient (Wildman–Crippen LogP) is 4.39. The Kier molecular flexibility index (Phi) is 6.48. The molecule has 0 radical (unpaired) electrons. The number of amides is 1. The van der Waals surface area contributed by atoms with Crippen LogP contribution in [-0.4, -0.2) is 23.4 Å². The van der Waals surface area contributed by atoms with Gasteiger partial charge in [-0.1, -0.05) is 20.3 Å². The normalized spacial score (nSPS) is 12.5. The molecule has 1 heterocycles. The van der Waals surface area contributed by atoms with Crippen molar-refractivity contribution in [2.24, 2.45) is 0 Å². The smallest absolute Gasteiger partial charge is 0.254 e. The summed E-state index contributed by atoms with van der Waals surface area (Å²) in [5, 5.41) is 1.96. The number of carbonyl (C=O) groups is 1. The van der Waals surface area contributed by atoms with E-state index in [0.29, 0.717) is 6.04 Å². The molecule has 17 heavy (non-hydrogen) atoms. The highest BCUT2D eigenvalue weighted by Gasteiger charge is 2.20. The van der Waals surface area contributed by atoms with Crippen LogP contribution in [0, 0.1) is 2.88 Å². The maximum absolute atomic E-state index is 12.4. The van der Waals surface area contributed by atoms with Gasteiger partial charge in [0, 0.05) is 18.0 Å².